The van der Waals surface area contributed by atoms with Gasteiger partial charge in [-0.25, -0.2) is 4.79 Å². The van der Waals surface area contributed by atoms with Crippen LogP contribution in [-0.2, 0) is 19.1 Å². The number of rotatable bonds is 4. The summed E-state index contributed by atoms with van der Waals surface area (Å²) in [6.07, 6.45) is 1.95. The van der Waals surface area contributed by atoms with Gasteiger partial charge in [-0.05, 0) is 37.5 Å². The standard InChI is InChI=1S/C21H23NO6/c1-11-18(21(25)27-4)19(20-14(22-11)6-5-7-15(20)24)13-8-9-16(28-12(2)23)17(10-13)26-3/h8-10,19,22H,5-7H2,1-4H3/t19-/m0/s1. The molecule has 0 unspecified atom stereocenters. The highest BCUT2D eigenvalue weighted by Gasteiger charge is 2.39. The highest BCUT2D eigenvalue weighted by molar-refractivity contribution is 6.03. The number of carbonyl (C=O) groups excluding carboxylic acids is 3. The third-order valence-corrected chi connectivity index (χ3v) is 4.96. The van der Waals surface area contributed by atoms with Crippen molar-refractivity contribution in [2.24, 2.45) is 0 Å². The van der Waals surface area contributed by atoms with Gasteiger partial charge in [0.1, 0.15) is 0 Å². The number of Topliss-reactive ketones (excluding diaryl/α,β-unsaturated/α-hetero) is 1. The maximum atomic E-state index is 12.8. The zero-order chi connectivity index (χ0) is 20.4. The molecule has 1 aliphatic heterocycles. The summed E-state index contributed by atoms with van der Waals surface area (Å²) < 4.78 is 15.5. The van der Waals surface area contributed by atoms with Gasteiger partial charge >= 0.3 is 11.9 Å². The van der Waals surface area contributed by atoms with Crippen LogP contribution in [0.25, 0.3) is 0 Å². The largest absolute Gasteiger partial charge is 0.493 e. The van der Waals surface area contributed by atoms with E-state index >= 15 is 0 Å². The third kappa shape index (κ3) is 3.52. The number of methoxy groups -OCH3 is 2. The van der Waals surface area contributed by atoms with Gasteiger partial charge in [-0.1, -0.05) is 6.07 Å². The van der Waals surface area contributed by atoms with E-state index in [4.69, 9.17) is 14.2 Å². The summed E-state index contributed by atoms with van der Waals surface area (Å²) in [5, 5.41) is 3.22. The fourth-order valence-corrected chi connectivity index (χ4v) is 3.80. The maximum absolute atomic E-state index is 12.8. The van der Waals surface area contributed by atoms with Crippen molar-refractivity contribution >= 4 is 17.7 Å². The number of allylic oxidation sites excluding steroid dienone is 3. The van der Waals surface area contributed by atoms with Crippen LogP contribution >= 0.6 is 0 Å². The lowest BCUT2D eigenvalue weighted by Gasteiger charge is -2.34. The fourth-order valence-electron chi connectivity index (χ4n) is 3.80. The van der Waals surface area contributed by atoms with Crippen LogP contribution in [0.4, 0.5) is 0 Å². The molecular formula is C21H23NO6. The van der Waals surface area contributed by atoms with Gasteiger partial charge in [0.05, 0.1) is 19.8 Å². The van der Waals surface area contributed by atoms with Gasteiger partial charge in [0.25, 0.3) is 0 Å². The van der Waals surface area contributed by atoms with Crippen molar-refractivity contribution in [1.82, 2.24) is 5.32 Å². The Morgan fingerprint density at radius 3 is 2.54 bits per heavy atom. The summed E-state index contributed by atoms with van der Waals surface area (Å²) in [7, 11) is 2.78. The number of carbonyl (C=O) groups is 3. The number of hydrogen-bond donors (Lipinski definition) is 1. The van der Waals surface area contributed by atoms with Gasteiger partial charge in [-0.3, -0.25) is 9.59 Å². The first-order valence-corrected chi connectivity index (χ1v) is 9.06. The molecule has 3 rings (SSSR count). The minimum absolute atomic E-state index is 0.00989. The highest BCUT2D eigenvalue weighted by atomic mass is 16.6. The molecule has 0 bridgehead atoms. The molecule has 28 heavy (non-hydrogen) atoms. The molecule has 1 heterocycles. The molecule has 0 saturated carbocycles. The van der Waals surface area contributed by atoms with Gasteiger partial charge in [0.2, 0.25) is 0 Å². The number of ether oxygens (including phenoxy) is 3. The molecule has 1 N–H and O–H groups in total. The Morgan fingerprint density at radius 1 is 1.14 bits per heavy atom. The van der Waals surface area contributed by atoms with Crippen LogP contribution < -0.4 is 14.8 Å². The molecule has 7 nitrogen and oxygen atoms in total. The van der Waals surface area contributed by atoms with E-state index in [-0.39, 0.29) is 11.5 Å². The summed E-state index contributed by atoms with van der Waals surface area (Å²) in [6.45, 7) is 3.10. The zero-order valence-corrected chi connectivity index (χ0v) is 16.4. The molecule has 1 aromatic rings. The van der Waals surface area contributed by atoms with Crippen LogP contribution in [0.1, 0.15) is 44.6 Å². The van der Waals surface area contributed by atoms with Crippen LogP contribution in [0.2, 0.25) is 0 Å². The Bertz CT molecular complexity index is 911. The van der Waals surface area contributed by atoms with Gasteiger partial charge in [-0.15, -0.1) is 0 Å². The van der Waals surface area contributed by atoms with Gasteiger partial charge < -0.3 is 19.5 Å². The number of ketones is 1. The Morgan fingerprint density at radius 2 is 1.89 bits per heavy atom. The third-order valence-electron chi connectivity index (χ3n) is 4.96. The summed E-state index contributed by atoms with van der Waals surface area (Å²) in [6, 6.07) is 5.03. The minimum Gasteiger partial charge on any atom is -0.493 e. The van der Waals surface area contributed by atoms with E-state index in [1.165, 1.54) is 21.1 Å². The normalized spacial score (nSPS) is 19.0. The first-order valence-electron chi connectivity index (χ1n) is 9.06. The van der Waals surface area contributed by atoms with E-state index in [0.717, 1.165) is 18.5 Å². The molecule has 0 saturated heterocycles. The molecule has 1 aliphatic carbocycles. The molecule has 2 aliphatic rings. The molecular weight excluding hydrogens is 362 g/mol. The second-order valence-corrected chi connectivity index (χ2v) is 6.76. The summed E-state index contributed by atoms with van der Waals surface area (Å²) in [5.41, 5.74) is 3.16. The Kier molecular flexibility index (Phi) is 5.53. The van der Waals surface area contributed by atoms with Crippen molar-refractivity contribution in [2.45, 2.75) is 39.0 Å². The van der Waals surface area contributed by atoms with Crippen LogP contribution in [0, 0.1) is 0 Å². The van der Waals surface area contributed by atoms with E-state index in [0.29, 0.717) is 34.6 Å². The van der Waals surface area contributed by atoms with E-state index < -0.39 is 17.9 Å². The first-order chi connectivity index (χ1) is 13.4. The Hall–Kier alpha value is -3.09. The van der Waals surface area contributed by atoms with E-state index in [9.17, 15) is 14.4 Å². The van der Waals surface area contributed by atoms with Crippen molar-refractivity contribution in [1.29, 1.82) is 0 Å². The molecule has 0 spiro atoms. The quantitative estimate of drug-likeness (QED) is 0.629. The highest BCUT2D eigenvalue weighted by Crippen LogP contribution is 2.44. The molecule has 0 fully saturated rings. The molecule has 1 aromatic carbocycles. The van der Waals surface area contributed by atoms with E-state index in [1.807, 2.05) is 0 Å². The number of benzene rings is 1. The van der Waals surface area contributed by atoms with E-state index in [1.54, 1.807) is 25.1 Å². The molecule has 1 atom stereocenters. The Balaban J connectivity index is 2.17. The maximum Gasteiger partial charge on any atom is 0.336 e. The first kappa shape index (κ1) is 19.7. The summed E-state index contributed by atoms with van der Waals surface area (Å²) >= 11 is 0. The molecule has 148 valence electrons. The van der Waals surface area contributed by atoms with E-state index in [2.05, 4.69) is 5.32 Å². The number of dihydropyridines is 1. The molecule has 7 heteroatoms. The number of hydrogen-bond acceptors (Lipinski definition) is 7. The van der Waals surface area contributed by atoms with Crippen molar-refractivity contribution in [3.05, 3.63) is 46.3 Å². The van der Waals surface area contributed by atoms with Crippen LogP contribution in [-0.4, -0.2) is 31.9 Å². The van der Waals surface area contributed by atoms with Crippen molar-refractivity contribution in [2.75, 3.05) is 14.2 Å². The van der Waals surface area contributed by atoms with Gasteiger partial charge in [-0.2, -0.15) is 0 Å². The van der Waals surface area contributed by atoms with Gasteiger partial charge in [0.15, 0.2) is 17.3 Å². The zero-order valence-electron chi connectivity index (χ0n) is 16.4. The van der Waals surface area contributed by atoms with Crippen molar-refractivity contribution < 1.29 is 28.6 Å². The fraction of sp³-hybridized carbons (Fsp3) is 0.381. The topological polar surface area (TPSA) is 90.9 Å². The van der Waals surface area contributed by atoms with Crippen LogP contribution in [0.15, 0.2) is 40.7 Å². The Labute approximate surface area is 163 Å². The monoisotopic (exact) mass is 385 g/mol. The molecule has 0 radical (unpaired) electrons. The second-order valence-electron chi connectivity index (χ2n) is 6.76. The SMILES string of the molecule is COC(=O)C1=C(C)NC2=C(C(=O)CCC2)[C@H]1c1ccc(OC(C)=O)c(OC)c1. The lowest BCUT2D eigenvalue weighted by atomic mass is 9.75. The predicted octanol–water partition coefficient (Wildman–Crippen LogP) is 2.76. The number of nitrogens with one attached hydrogen (secondary N) is 1. The summed E-state index contributed by atoms with van der Waals surface area (Å²) in [5.74, 6) is -0.905. The lowest BCUT2D eigenvalue weighted by molar-refractivity contribution is -0.136. The van der Waals surface area contributed by atoms with Crippen molar-refractivity contribution in [3.8, 4) is 11.5 Å². The predicted molar refractivity (Wildman–Crippen MR) is 101 cm³/mol. The summed E-state index contributed by atoms with van der Waals surface area (Å²) in [4.78, 5) is 36.6. The minimum atomic E-state index is -0.572. The molecule has 0 amide bonds. The second kappa shape index (κ2) is 7.88. The lowest BCUT2D eigenvalue weighted by Crippen LogP contribution is -2.34. The average Bonchev–Trinajstić information content (AvgIpc) is 2.66. The van der Waals surface area contributed by atoms with Crippen LogP contribution in [0.5, 0.6) is 11.5 Å². The van der Waals surface area contributed by atoms with Gasteiger partial charge in [0, 0.05) is 36.2 Å². The number of esters is 2. The smallest absolute Gasteiger partial charge is 0.336 e. The molecule has 0 aromatic heterocycles. The average molecular weight is 385 g/mol. The van der Waals surface area contributed by atoms with Crippen LogP contribution in [0.3, 0.4) is 0 Å². The van der Waals surface area contributed by atoms with Crippen molar-refractivity contribution in [3.63, 3.8) is 0 Å².